The van der Waals surface area contributed by atoms with Gasteiger partial charge >= 0.3 is 0 Å². The van der Waals surface area contributed by atoms with Crippen LogP contribution in [0.1, 0.15) is 47.6 Å². The lowest BCUT2D eigenvalue weighted by Gasteiger charge is -2.37. The van der Waals surface area contributed by atoms with Crippen LogP contribution in [0.2, 0.25) is 18.6 Å². The van der Waals surface area contributed by atoms with Gasteiger partial charge in [0.05, 0.1) is 43.1 Å². The van der Waals surface area contributed by atoms with Gasteiger partial charge in [-0.3, -0.25) is 19.3 Å². The monoisotopic (exact) mass is 795 g/mol. The van der Waals surface area contributed by atoms with E-state index in [0.29, 0.717) is 37.1 Å². The van der Waals surface area contributed by atoms with E-state index in [1.165, 1.54) is 0 Å². The molecule has 1 saturated heterocycles. The molecular formula is C42H43BrFN3O5Si. The molecule has 0 unspecified atom stereocenters. The number of nitrogens with zero attached hydrogens (tertiary/aromatic N) is 3. The van der Waals surface area contributed by atoms with Crippen molar-refractivity contribution in [3.8, 4) is 0 Å². The van der Waals surface area contributed by atoms with E-state index in [0.717, 1.165) is 38.1 Å². The number of benzene rings is 4. The second kappa shape index (κ2) is 13.6. The Kier molecular flexibility index (Phi) is 9.20. The molecule has 1 fully saturated rings. The highest BCUT2D eigenvalue weighted by molar-refractivity contribution is 9.10. The lowest BCUT2D eigenvalue weighted by Crippen LogP contribution is -2.48. The molecule has 8 rings (SSSR count). The minimum atomic E-state index is -3.53. The molecule has 274 valence electrons. The van der Waals surface area contributed by atoms with E-state index < -0.39 is 37.6 Å². The van der Waals surface area contributed by atoms with Gasteiger partial charge < -0.3 is 23.8 Å². The third-order valence-corrected chi connectivity index (χ3v) is 14.7. The van der Waals surface area contributed by atoms with Gasteiger partial charge in [-0.1, -0.05) is 77.5 Å². The van der Waals surface area contributed by atoms with Gasteiger partial charge in [0.2, 0.25) is 20.2 Å². The second-order valence-corrected chi connectivity index (χ2v) is 20.1. The molecule has 0 radical (unpaired) electrons. The number of hydrogen-bond acceptors (Lipinski definition) is 5. The molecule has 0 aliphatic carbocycles. The van der Waals surface area contributed by atoms with E-state index in [-0.39, 0.29) is 37.3 Å². The molecule has 53 heavy (non-hydrogen) atoms. The van der Waals surface area contributed by atoms with Gasteiger partial charge in [-0.25, -0.2) is 0 Å². The zero-order valence-electron chi connectivity index (χ0n) is 30.1. The van der Waals surface area contributed by atoms with Gasteiger partial charge in [-0.2, -0.15) is 0 Å². The average Bonchev–Trinajstić information content (AvgIpc) is 3.56. The molecule has 0 saturated carbocycles. The largest absolute Gasteiger partial charge is 0.394 e. The van der Waals surface area contributed by atoms with E-state index in [1.54, 1.807) is 27.8 Å². The lowest BCUT2D eigenvalue weighted by molar-refractivity contribution is -0.151. The number of amides is 3. The number of anilines is 3. The van der Waals surface area contributed by atoms with Crippen LogP contribution in [0.25, 0.3) is 0 Å². The van der Waals surface area contributed by atoms with Crippen molar-refractivity contribution in [3.05, 3.63) is 123 Å². The molecule has 3 amide bonds. The fourth-order valence-electron chi connectivity index (χ4n) is 9.40. The highest BCUT2D eigenvalue weighted by Crippen LogP contribution is 2.60. The topological polar surface area (TPSA) is 90.4 Å². The smallest absolute Gasteiger partial charge is 0.264 e. The van der Waals surface area contributed by atoms with Crippen molar-refractivity contribution in [1.82, 2.24) is 4.90 Å². The zero-order chi connectivity index (χ0) is 37.2. The Balaban J connectivity index is 1.12. The maximum Gasteiger partial charge on any atom is 0.264 e. The van der Waals surface area contributed by atoms with Gasteiger partial charge in [-0.15, -0.1) is 0 Å². The van der Waals surface area contributed by atoms with Crippen LogP contribution < -0.4 is 9.80 Å². The summed E-state index contributed by atoms with van der Waals surface area (Å²) in [4.78, 5) is 47.6. The summed E-state index contributed by atoms with van der Waals surface area (Å²) in [6, 6.07) is 28.8. The maximum absolute atomic E-state index is 16.6. The zero-order valence-corrected chi connectivity index (χ0v) is 32.7. The second-order valence-electron chi connectivity index (χ2n) is 15.4. The minimum Gasteiger partial charge on any atom is -0.394 e. The first kappa shape index (κ1) is 35.8. The van der Waals surface area contributed by atoms with Crippen LogP contribution in [0, 0.1) is 5.92 Å². The molecule has 0 bridgehead atoms. The van der Waals surface area contributed by atoms with E-state index >= 15 is 8.90 Å². The number of rotatable bonds is 7. The molecule has 1 N–H and O–H groups in total. The Labute approximate surface area is 318 Å². The third-order valence-electron chi connectivity index (χ3n) is 11.8. The molecule has 4 heterocycles. The highest BCUT2D eigenvalue weighted by Gasteiger charge is 2.67. The van der Waals surface area contributed by atoms with E-state index in [4.69, 9.17) is 4.74 Å². The van der Waals surface area contributed by atoms with Crippen LogP contribution in [0.5, 0.6) is 0 Å². The Morgan fingerprint density at radius 3 is 2.43 bits per heavy atom. The molecule has 4 aliphatic rings. The molecular weight excluding hydrogens is 753 g/mol. The molecule has 4 aromatic carbocycles. The van der Waals surface area contributed by atoms with Crippen molar-refractivity contribution in [2.75, 3.05) is 16.4 Å². The van der Waals surface area contributed by atoms with Gasteiger partial charge in [0.25, 0.3) is 5.91 Å². The van der Waals surface area contributed by atoms with Crippen molar-refractivity contribution < 1.29 is 28.3 Å². The lowest BCUT2D eigenvalue weighted by atomic mass is 9.82. The fraction of sp³-hybridized carbons (Fsp3) is 0.357. The van der Waals surface area contributed by atoms with Gasteiger partial charge in [-0.05, 0) is 84.6 Å². The van der Waals surface area contributed by atoms with Crippen LogP contribution in [0.3, 0.4) is 0 Å². The van der Waals surface area contributed by atoms with Crippen molar-refractivity contribution in [2.45, 2.75) is 82.1 Å². The van der Waals surface area contributed by atoms with Crippen LogP contribution in [0.15, 0.2) is 95.5 Å². The molecule has 4 aromatic rings. The summed E-state index contributed by atoms with van der Waals surface area (Å²) >= 11 is 3.61. The third kappa shape index (κ3) is 6.05. The van der Waals surface area contributed by atoms with Crippen LogP contribution in [-0.2, 0) is 50.7 Å². The minimum absolute atomic E-state index is 0.0177. The van der Waals surface area contributed by atoms with Gasteiger partial charge in [0.15, 0.2) is 5.60 Å². The number of carbonyl (C=O) groups excluding carboxylic acids is 3. The fourth-order valence-corrected chi connectivity index (χ4v) is 12.3. The van der Waals surface area contributed by atoms with Gasteiger partial charge in [0, 0.05) is 40.1 Å². The Morgan fingerprint density at radius 2 is 1.68 bits per heavy atom. The number of aryl methyl sites for hydroxylation is 1. The highest BCUT2D eigenvalue weighted by atomic mass is 79.9. The maximum atomic E-state index is 16.6. The number of ether oxygens (including phenoxy) is 1. The average molecular weight is 797 g/mol. The number of halogens is 2. The summed E-state index contributed by atoms with van der Waals surface area (Å²) in [6.45, 7) is 5.53. The molecule has 0 aromatic heterocycles. The van der Waals surface area contributed by atoms with Gasteiger partial charge in [0.1, 0.15) is 0 Å². The first-order chi connectivity index (χ1) is 25.4. The van der Waals surface area contributed by atoms with Crippen molar-refractivity contribution in [1.29, 1.82) is 0 Å². The molecule has 11 heteroatoms. The first-order valence-corrected chi connectivity index (χ1v) is 22.1. The predicted octanol–water partition coefficient (Wildman–Crippen LogP) is 7.72. The molecule has 1 spiro atoms. The summed E-state index contributed by atoms with van der Waals surface area (Å²) < 4.78 is 24.3. The number of para-hydroxylation sites is 1. The summed E-state index contributed by atoms with van der Waals surface area (Å²) in [5.41, 5.74) is 4.83. The normalized spacial score (nSPS) is 25.1. The Hall–Kier alpha value is -4.16. The van der Waals surface area contributed by atoms with E-state index in [9.17, 15) is 14.7 Å². The Morgan fingerprint density at radius 1 is 0.943 bits per heavy atom. The van der Waals surface area contributed by atoms with Crippen LogP contribution >= 0.6 is 15.9 Å². The van der Waals surface area contributed by atoms with Crippen molar-refractivity contribution in [3.63, 3.8) is 0 Å². The number of hydrogen-bond donors (Lipinski definition) is 1. The number of fused-ring (bicyclic) bond motifs is 4. The number of aliphatic hydroxyl groups is 1. The van der Waals surface area contributed by atoms with E-state index in [2.05, 4.69) is 15.9 Å². The van der Waals surface area contributed by atoms with E-state index in [1.807, 2.05) is 97.9 Å². The van der Waals surface area contributed by atoms with Crippen LogP contribution in [0.4, 0.5) is 21.2 Å². The number of carbonyl (C=O) groups is 3. The summed E-state index contributed by atoms with van der Waals surface area (Å²) in [5.74, 6) is -1.06. The SMILES string of the molecule is C[C@H]1[C@H]([Si](C)(C)F)[C@@H](CC(=O)N2Cc3ccccc3C[C@H]2CO)O[C@]12C(=O)N(Cc1cccc(N3C(=O)CCc4ccccc43)c1)c1ccc(Br)cc12. The Bertz CT molecular complexity index is 2120. The van der Waals surface area contributed by atoms with Crippen LogP contribution in [-0.4, -0.2) is 54.9 Å². The predicted molar refractivity (Wildman–Crippen MR) is 208 cm³/mol. The van der Waals surface area contributed by atoms with Crippen molar-refractivity contribution >= 4 is 59.1 Å². The first-order valence-electron chi connectivity index (χ1n) is 18.4. The summed E-state index contributed by atoms with van der Waals surface area (Å²) in [7, 11) is -3.53. The van der Waals surface area contributed by atoms with Crippen molar-refractivity contribution in [2.24, 2.45) is 5.92 Å². The summed E-state index contributed by atoms with van der Waals surface area (Å²) in [5, 5.41) is 10.3. The number of aliphatic hydroxyl groups excluding tert-OH is 1. The molecule has 8 nitrogen and oxygen atoms in total. The quantitative estimate of drug-likeness (QED) is 0.153. The summed E-state index contributed by atoms with van der Waals surface area (Å²) in [6.07, 6.45) is 0.701. The standard InChI is InChI=1S/C42H43BrFN3O5Si/c1-26-40(53(2,3)44)37(22-39(50)45-24-30-12-5-4-11-29(30)20-33(45)25-48)52-42(26)34-21-31(43)16-17-36(34)46(41(42)51)23-27-9-8-13-32(19-27)47-35-14-7-6-10-28(35)15-18-38(47)49/h4-14,16-17,19,21,26,33,37,40,48H,15,18,20,22-25H2,1-3H3/t26-,33-,37+,40-,42+/m0/s1. The molecule has 5 atom stereocenters. The molecule has 4 aliphatic heterocycles.